The van der Waals surface area contributed by atoms with Gasteiger partial charge in [-0.3, -0.25) is 0 Å². The summed E-state index contributed by atoms with van der Waals surface area (Å²) in [6.07, 6.45) is 4.18. The maximum atomic E-state index is 12.5. The van der Waals surface area contributed by atoms with E-state index in [-0.39, 0.29) is 11.1 Å². The first-order chi connectivity index (χ1) is 8.84. The molecule has 7 heteroatoms. The van der Waals surface area contributed by atoms with E-state index in [1.54, 1.807) is 18.5 Å². The summed E-state index contributed by atoms with van der Waals surface area (Å²) < 4.78 is 27.9. The fraction of sp³-hybridized carbons (Fsp3) is 0.750. The minimum absolute atomic E-state index is 0.0489. The Labute approximate surface area is 114 Å². The standard InChI is InChI=1S/C12H21N3O3S/c1-9-13-12(8-14(9)2)19(17,18)15(3)10-6-4-5-7-11(10)16/h8,10-11,16H,4-7H2,1-3H3. The maximum absolute atomic E-state index is 12.5. The number of aliphatic hydroxyl groups excluding tert-OH is 1. The Balaban J connectivity index is 2.28. The van der Waals surface area contributed by atoms with Gasteiger partial charge in [-0.2, -0.15) is 4.31 Å². The third kappa shape index (κ3) is 2.68. The molecule has 19 heavy (non-hydrogen) atoms. The molecule has 1 aromatic heterocycles. The zero-order valence-corrected chi connectivity index (χ0v) is 12.4. The van der Waals surface area contributed by atoms with E-state index >= 15 is 0 Å². The van der Waals surface area contributed by atoms with E-state index < -0.39 is 16.1 Å². The smallest absolute Gasteiger partial charge is 0.262 e. The summed E-state index contributed by atoms with van der Waals surface area (Å²) in [5.74, 6) is 0.649. The third-order valence-electron chi connectivity index (χ3n) is 3.89. The van der Waals surface area contributed by atoms with E-state index in [1.165, 1.54) is 17.5 Å². The van der Waals surface area contributed by atoms with E-state index in [9.17, 15) is 13.5 Å². The molecule has 1 heterocycles. The zero-order chi connectivity index (χ0) is 14.2. The van der Waals surface area contributed by atoms with E-state index in [0.29, 0.717) is 18.7 Å². The molecule has 1 fully saturated rings. The van der Waals surface area contributed by atoms with Crippen LogP contribution in [0.1, 0.15) is 31.5 Å². The van der Waals surface area contributed by atoms with Gasteiger partial charge in [0.15, 0.2) is 5.03 Å². The van der Waals surface area contributed by atoms with Crippen molar-refractivity contribution in [2.45, 2.75) is 49.8 Å². The Morgan fingerprint density at radius 3 is 2.58 bits per heavy atom. The molecule has 1 aliphatic carbocycles. The van der Waals surface area contributed by atoms with E-state index in [1.807, 2.05) is 0 Å². The first-order valence-corrected chi connectivity index (χ1v) is 7.94. The number of aryl methyl sites for hydroxylation is 2. The Kier molecular flexibility index (Phi) is 3.98. The van der Waals surface area contributed by atoms with Gasteiger partial charge in [0.25, 0.3) is 10.0 Å². The van der Waals surface area contributed by atoms with Crippen LogP contribution in [0.2, 0.25) is 0 Å². The van der Waals surface area contributed by atoms with Crippen molar-refractivity contribution in [1.82, 2.24) is 13.9 Å². The molecule has 1 aromatic rings. The largest absolute Gasteiger partial charge is 0.391 e. The quantitative estimate of drug-likeness (QED) is 0.886. The van der Waals surface area contributed by atoms with E-state index in [2.05, 4.69) is 4.98 Å². The second kappa shape index (κ2) is 5.22. The number of nitrogens with zero attached hydrogens (tertiary/aromatic N) is 3. The Morgan fingerprint density at radius 1 is 1.42 bits per heavy atom. The lowest BCUT2D eigenvalue weighted by Crippen LogP contribution is -2.46. The van der Waals surface area contributed by atoms with Crippen LogP contribution in [0.15, 0.2) is 11.2 Å². The fourth-order valence-electron chi connectivity index (χ4n) is 2.49. The van der Waals surface area contributed by atoms with Crippen molar-refractivity contribution in [2.75, 3.05) is 7.05 Å². The number of aliphatic hydroxyl groups is 1. The van der Waals surface area contributed by atoms with Gasteiger partial charge >= 0.3 is 0 Å². The molecule has 1 saturated carbocycles. The molecule has 0 saturated heterocycles. The van der Waals surface area contributed by atoms with Crippen LogP contribution in [-0.4, -0.2) is 46.6 Å². The number of rotatable bonds is 3. The van der Waals surface area contributed by atoms with Crippen molar-refractivity contribution >= 4 is 10.0 Å². The molecular weight excluding hydrogens is 266 g/mol. The number of likely N-dealkylation sites (N-methyl/N-ethyl adjacent to an activating group) is 1. The van der Waals surface area contributed by atoms with Gasteiger partial charge in [0, 0.05) is 20.3 Å². The second-order valence-corrected chi connectivity index (χ2v) is 7.12. The molecule has 2 unspecified atom stereocenters. The van der Waals surface area contributed by atoms with Crippen LogP contribution in [0.4, 0.5) is 0 Å². The molecule has 2 atom stereocenters. The highest BCUT2D eigenvalue weighted by Crippen LogP contribution is 2.26. The molecule has 0 spiro atoms. The average Bonchev–Trinajstić information content (AvgIpc) is 2.70. The Bertz CT molecular complexity index is 533. The highest BCUT2D eigenvalue weighted by Gasteiger charge is 2.35. The summed E-state index contributed by atoms with van der Waals surface area (Å²) in [5.41, 5.74) is 0. The maximum Gasteiger partial charge on any atom is 0.262 e. The van der Waals surface area contributed by atoms with Crippen molar-refractivity contribution in [1.29, 1.82) is 0 Å². The van der Waals surface area contributed by atoms with Gasteiger partial charge in [-0.05, 0) is 19.8 Å². The lowest BCUT2D eigenvalue weighted by molar-refractivity contribution is 0.0637. The van der Waals surface area contributed by atoms with Gasteiger partial charge in [0.05, 0.1) is 12.1 Å². The van der Waals surface area contributed by atoms with Crippen LogP contribution in [0.3, 0.4) is 0 Å². The third-order valence-corrected chi connectivity index (χ3v) is 5.65. The summed E-state index contributed by atoms with van der Waals surface area (Å²) in [7, 11) is -0.345. The topological polar surface area (TPSA) is 75.4 Å². The first kappa shape index (κ1) is 14.5. The van der Waals surface area contributed by atoms with Crippen LogP contribution in [0.5, 0.6) is 0 Å². The molecule has 108 valence electrons. The van der Waals surface area contributed by atoms with Gasteiger partial charge in [0.2, 0.25) is 0 Å². The van der Waals surface area contributed by atoms with Crippen molar-refractivity contribution in [2.24, 2.45) is 7.05 Å². The van der Waals surface area contributed by atoms with Crippen molar-refractivity contribution in [3.05, 3.63) is 12.0 Å². The van der Waals surface area contributed by atoms with Gasteiger partial charge in [-0.1, -0.05) is 12.8 Å². The number of hydrogen-bond donors (Lipinski definition) is 1. The highest BCUT2D eigenvalue weighted by atomic mass is 32.2. The second-order valence-electron chi connectivity index (χ2n) is 5.18. The molecule has 6 nitrogen and oxygen atoms in total. The van der Waals surface area contributed by atoms with Gasteiger partial charge < -0.3 is 9.67 Å². The fourth-order valence-corrected chi connectivity index (χ4v) is 3.93. The predicted octanol–water partition coefficient (Wildman–Crippen LogP) is 0.653. The minimum Gasteiger partial charge on any atom is -0.391 e. The summed E-state index contributed by atoms with van der Waals surface area (Å²) >= 11 is 0. The molecule has 0 radical (unpaired) electrons. The molecule has 1 N–H and O–H groups in total. The van der Waals surface area contributed by atoms with Crippen LogP contribution in [0.25, 0.3) is 0 Å². The van der Waals surface area contributed by atoms with Crippen LogP contribution >= 0.6 is 0 Å². The van der Waals surface area contributed by atoms with Crippen molar-refractivity contribution in [3.8, 4) is 0 Å². The Hall–Kier alpha value is -0.920. The summed E-state index contributed by atoms with van der Waals surface area (Å²) in [6, 6.07) is -0.346. The molecule has 1 aliphatic rings. The van der Waals surface area contributed by atoms with Gasteiger partial charge in [-0.25, -0.2) is 13.4 Å². The van der Waals surface area contributed by atoms with Crippen LogP contribution < -0.4 is 0 Å². The van der Waals surface area contributed by atoms with E-state index in [0.717, 1.165) is 12.8 Å². The SMILES string of the molecule is Cc1nc(S(=O)(=O)N(C)C2CCCCC2O)cn1C. The van der Waals surface area contributed by atoms with Gasteiger partial charge in [0.1, 0.15) is 5.82 Å². The Morgan fingerprint density at radius 2 is 2.05 bits per heavy atom. The lowest BCUT2D eigenvalue weighted by Gasteiger charge is -2.33. The normalized spacial score (nSPS) is 24.9. The van der Waals surface area contributed by atoms with Crippen LogP contribution in [-0.2, 0) is 17.1 Å². The van der Waals surface area contributed by atoms with Crippen molar-refractivity contribution < 1.29 is 13.5 Å². The average molecular weight is 287 g/mol. The van der Waals surface area contributed by atoms with Crippen LogP contribution in [0, 0.1) is 6.92 Å². The molecule has 0 aliphatic heterocycles. The monoisotopic (exact) mass is 287 g/mol. The first-order valence-electron chi connectivity index (χ1n) is 6.50. The molecule has 0 aromatic carbocycles. The summed E-state index contributed by atoms with van der Waals surface area (Å²) in [6.45, 7) is 1.76. The number of hydrogen-bond acceptors (Lipinski definition) is 4. The molecule has 0 bridgehead atoms. The molecular formula is C12H21N3O3S. The minimum atomic E-state index is -3.63. The summed E-state index contributed by atoms with van der Waals surface area (Å²) in [5, 5.41) is 10.0. The molecule has 2 rings (SSSR count). The van der Waals surface area contributed by atoms with Gasteiger partial charge in [-0.15, -0.1) is 0 Å². The molecule has 0 amide bonds. The summed E-state index contributed by atoms with van der Waals surface area (Å²) in [4.78, 5) is 4.07. The van der Waals surface area contributed by atoms with Crippen molar-refractivity contribution in [3.63, 3.8) is 0 Å². The zero-order valence-electron chi connectivity index (χ0n) is 11.6. The number of imidazole rings is 1. The lowest BCUT2D eigenvalue weighted by atomic mass is 9.93. The highest BCUT2D eigenvalue weighted by molar-refractivity contribution is 7.89. The van der Waals surface area contributed by atoms with E-state index in [4.69, 9.17) is 0 Å². The predicted molar refractivity (Wildman–Crippen MR) is 71.2 cm³/mol. The number of sulfonamides is 1. The number of aromatic nitrogens is 2.